The quantitative estimate of drug-likeness (QED) is 0.722. The number of aromatic nitrogens is 2. The number of nitrogens with one attached hydrogen (secondary N) is 3. The van der Waals surface area contributed by atoms with Gasteiger partial charge in [0.25, 0.3) is 5.91 Å². The van der Waals surface area contributed by atoms with Gasteiger partial charge in [-0.25, -0.2) is 0 Å². The third-order valence-corrected chi connectivity index (χ3v) is 4.18. The van der Waals surface area contributed by atoms with Gasteiger partial charge in [0.05, 0.1) is 0 Å². The predicted molar refractivity (Wildman–Crippen MR) is 83.8 cm³/mol. The molecule has 0 spiro atoms. The van der Waals surface area contributed by atoms with Crippen LogP contribution in [0.1, 0.15) is 41.5 Å². The second kappa shape index (κ2) is 7.24. The Morgan fingerprint density at radius 3 is 3.00 bits per heavy atom. The first-order chi connectivity index (χ1) is 9.79. The molecule has 6 nitrogen and oxygen atoms in total. The lowest BCUT2D eigenvalue weighted by Crippen LogP contribution is -2.36. The number of hydrogen-bond acceptors (Lipinski definition) is 4. The van der Waals surface area contributed by atoms with Gasteiger partial charge in [0.15, 0.2) is 5.69 Å². The van der Waals surface area contributed by atoms with E-state index >= 15 is 0 Å². The number of H-pyrrole nitrogens is 1. The fraction of sp³-hybridized carbons (Fsp3) is 0.714. The molecule has 1 aromatic rings. The largest absolute Gasteiger partial charge is 0.349 e. The molecule has 0 radical (unpaired) electrons. The number of halogens is 1. The van der Waals surface area contributed by atoms with Crippen molar-refractivity contribution in [1.82, 2.24) is 25.7 Å². The lowest BCUT2D eigenvalue weighted by Gasteiger charge is -2.19. The Kier molecular flexibility index (Phi) is 5.61. The molecule has 0 aromatic carbocycles. The molecular weight excluding hydrogens is 290 g/mol. The highest BCUT2D eigenvalue weighted by atomic mass is 35.5. The summed E-state index contributed by atoms with van der Waals surface area (Å²) in [4.78, 5) is 14.6. The molecule has 0 bridgehead atoms. The van der Waals surface area contributed by atoms with E-state index in [1.807, 2.05) is 0 Å². The number of rotatable bonds is 6. The van der Waals surface area contributed by atoms with E-state index in [0.29, 0.717) is 12.2 Å². The van der Waals surface area contributed by atoms with Gasteiger partial charge in [-0.15, -0.1) is 12.4 Å². The molecule has 1 fully saturated rings. The van der Waals surface area contributed by atoms with Gasteiger partial charge in [-0.1, -0.05) is 6.92 Å². The highest BCUT2D eigenvalue weighted by Crippen LogP contribution is 2.25. The lowest BCUT2D eigenvalue weighted by atomic mass is 10.1. The van der Waals surface area contributed by atoms with Crippen LogP contribution >= 0.6 is 12.4 Å². The predicted octanol–water partition coefficient (Wildman–Crippen LogP) is 0.691. The van der Waals surface area contributed by atoms with Crippen LogP contribution in [0.2, 0.25) is 0 Å². The van der Waals surface area contributed by atoms with E-state index < -0.39 is 0 Å². The minimum absolute atomic E-state index is 0. The first-order valence-electron chi connectivity index (χ1n) is 7.58. The highest BCUT2D eigenvalue weighted by Gasteiger charge is 2.27. The summed E-state index contributed by atoms with van der Waals surface area (Å²) in [6, 6.07) is 0.749. The molecule has 1 saturated carbocycles. The Balaban J connectivity index is 0.00000161. The van der Waals surface area contributed by atoms with E-state index in [9.17, 15) is 4.79 Å². The van der Waals surface area contributed by atoms with Gasteiger partial charge >= 0.3 is 0 Å². The molecule has 1 amide bonds. The van der Waals surface area contributed by atoms with Crippen molar-refractivity contribution in [1.29, 1.82) is 0 Å². The van der Waals surface area contributed by atoms with Crippen LogP contribution in [0.3, 0.4) is 0 Å². The topological polar surface area (TPSA) is 73.0 Å². The van der Waals surface area contributed by atoms with Crippen molar-refractivity contribution in [3.8, 4) is 0 Å². The van der Waals surface area contributed by atoms with Crippen molar-refractivity contribution in [3.63, 3.8) is 0 Å². The average molecular weight is 314 g/mol. The summed E-state index contributed by atoms with van der Waals surface area (Å²) in [6.07, 6.45) is 3.53. The first kappa shape index (κ1) is 16.3. The SMILES string of the molecule is CCN(CCNC(=O)c1n[nH]c2c1CNCC2)C1CC1.Cl. The Bertz CT molecular complexity index is 486. The summed E-state index contributed by atoms with van der Waals surface area (Å²) in [5, 5.41) is 13.4. The van der Waals surface area contributed by atoms with Crippen molar-refractivity contribution in [2.24, 2.45) is 0 Å². The molecule has 0 saturated heterocycles. The van der Waals surface area contributed by atoms with Gasteiger partial charge in [-0.3, -0.25) is 14.8 Å². The minimum Gasteiger partial charge on any atom is -0.349 e. The monoisotopic (exact) mass is 313 g/mol. The number of amides is 1. The summed E-state index contributed by atoms with van der Waals surface area (Å²) in [6.45, 7) is 6.54. The number of aromatic amines is 1. The Labute approximate surface area is 131 Å². The summed E-state index contributed by atoms with van der Waals surface area (Å²) < 4.78 is 0. The van der Waals surface area contributed by atoms with Gasteiger partial charge in [0.2, 0.25) is 0 Å². The number of carbonyl (C=O) groups excluding carboxylic acids is 1. The fourth-order valence-electron chi connectivity index (χ4n) is 2.85. The van der Waals surface area contributed by atoms with Gasteiger partial charge in [0, 0.05) is 49.9 Å². The van der Waals surface area contributed by atoms with Gasteiger partial charge < -0.3 is 10.6 Å². The third kappa shape index (κ3) is 3.75. The molecule has 0 atom stereocenters. The van der Waals surface area contributed by atoms with Gasteiger partial charge in [-0.05, 0) is 19.4 Å². The first-order valence-corrected chi connectivity index (χ1v) is 7.58. The van der Waals surface area contributed by atoms with Crippen LogP contribution in [0, 0.1) is 0 Å². The second-order valence-electron chi connectivity index (χ2n) is 5.57. The number of fused-ring (bicyclic) bond motifs is 1. The van der Waals surface area contributed by atoms with Crippen LogP contribution < -0.4 is 10.6 Å². The van der Waals surface area contributed by atoms with E-state index in [0.717, 1.165) is 49.9 Å². The van der Waals surface area contributed by atoms with Crippen LogP contribution in [0.5, 0.6) is 0 Å². The average Bonchev–Trinajstić information content (AvgIpc) is 3.22. The highest BCUT2D eigenvalue weighted by molar-refractivity contribution is 5.94. The maximum absolute atomic E-state index is 12.2. The van der Waals surface area contributed by atoms with E-state index in [1.54, 1.807) is 0 Å². The standard InChI is InChI=1S/C14H23N5O.ClH/c1-2-19(10-3-4-10)8-7-16-14(20)13-11-9-15-6-5-12(11)17-18-13;/h10,15H,2-9H2,1H3,(H,16,20)(H,17,18);1H. The summed E-state index contributed by atoms with van der Waals surface area (Å²) in [7, 11) is 0. The zero-order chi connectivity index (χ0) is 13.9. The summed E-state index contributed by atoms with van der Waals surface area (Å²) in [5.74, 6) is -0.0574. The molecule has 2 aliphatic rings. The Morgan fingerprint density at radius 2 is 2.29 bits per heavy atom. The van der Waals surface area contributed by atoms with Crippen LogP contribution in [-0.4, -0.2) is 53.2 Å². The molecule has 2 heterocycles. The molecule has 21 heavy (non-hydrogen) atoms. The van der Waals surface area contributed by atoms with Crippen LogP contribution in [-0.2, 0) is 13.0 Å². The van der Waals surface area contributed by atoms with E-state index in [1.165, 1.54) is 12.8 Å². The normalized spacial score (nSPS) is 17.2. The molecule has 118 valence electrons. The van der Waals surface area contributed by atoms with Crippen molar-refractivity contribution in [2.75, 3.05) is 26.2 Å². The van der Waals surface area contributed by atoms with Crippen molar-refractivity contribution < 1.29 is 4.79 Å². The van der Waals surface area contributed by atoms with E-state index in [-0.39, 0.29) is 18.3 Å². The molecule has 0 unspecified atom stereocenters. The summed E-state index contributed by atoms with van der Waals surface area (Å²) in [5.41, 5.74) is 2.69. The van der Waals surface area contributed by atoms with Crippen LogP contribution in [0.25, 0.3) is 0 Å². The molecule has 1 aliphatic carbocycles. The van der Waals surface area contributed by atoms with Crippen LogP contribution in [0.15, 0.2) is 0 Å². The zero-order valence-corrected chi connectivity index (χ0v) is 13.3. The minimum atomic E-state index is -0.0574. The molecule has 3 rings (SSSR count). The van der Waals surface area contributed by atoms with Crippen molar-refractivity contribution in [2.45, 2.75) is 38.8 Å². The smallest absolute Gasteiger partial charge is 0.272 e. The summed E-state index contributed by atoms with van der Waals surface area (Å²) >= 11 is 0. The Hall–Kier alpha value is -1.11. The fourth-order valence-corrected chi connectivity index (χ4v) is 2.85. The maximum Gasteiger partial charge on any atom is 0.272 e. The van der Waals surface area contributed by atoms with Gasteiger partial charge in [0.1, 0.15) is 0 Å². The van der Waals surface area contributed by atoms with Crippen molar-refractivity contribution in [3.05, 3.63) is 17.0 Å². The molecule has 1 aromatic heterocycles. The van der Waals surface area contributed by atoms with Crippen LogP contribution in [0.4, 0.5) is 0 Å². The second-order valence-corrected chi connectivity index (χ2v) is 5.57. The van der Waals surface area contributed by atoms with E-state index in [4.69, 9.17) is 0 Å². The van der Waals surface area contributed by atoms with Gasteiger partial charge in [-0.2, -0.15) is 5.10 Å². The number of likely N-dealkylation sites (N-methyl/N-ethyl adjacent to an activating group) is 1. The molecule has 7 heteroatoms. The molecule has 1 aliphatic heterocycles. The Morgan fingerprint density at radius 1 is 1.48 bits per heavy atom. The molecule has 3 N–H and O–H groups in total. The zero-order valence-electron chi connectivity index (χ0n) is 12.4. The van der Waals surface area contributed by atoms with Crippen molar-refractivity contribution >= 4 is 18.3 Å². The number of carbonyl (C=O) groups is 1. The number of hydrogen-bond donors (Lipinski definition) is 3. The lowest BCUT2D eigenvalue weighted by molar-refractivity contribution is 0.0941. The number of nitrogens with zero attached hydrogens (tertiary/aromatic N) is 2. The van der Waals surface area contributed by atoms with E-state index in [2.05, 4.69) is 32.7 Å². The third-order valence-electron chi connectivity index (χ3n) is 4.18. The maximum atomic E-state index is 12.2. The molecular formula is C14H24ClN5O.